The molecule has 0 spiro atoms. The van der Waals surface area contributed by atoms with Gasteiger partial charge in [0, 0.05) is 12.0 Å². The Hall–Kier alpha value is -1.79. The van der Waals surface area contributed by atoms with Gasteiger partial charge in [-0.05, 0) is 37.5 Å². The SMILES string of the molecule is N#Cc1ccc2c(c1)c(C(=O)[O-])nn2C1CCCCO1.[Li+]. The van der Waals surface area contributed by atoms with Crippen LogP contribution in [0.4, 0.5) is 0 Å². The van der Waals surface area contributed by atoms with Crippen LogP contribution in [0.25, 0.3) is 10.9 Å². The Balaban J connectivity index is 0.00000161. The number of rotatable bonds is 2. The topological polar surface area (TPSA) is 91.0 Å². The maximum Gasteiger partial charge on any atom is 1.00 e. The van der Waals surface area contributed by atoms with E-state index in [-0.39, 0.29) is 30.8 Å². The number of carbonyl (C=O) groups is 1. The van der Waals surface area contributed by atoms with Crippen molar-refractivity contribution in [1.82, 2.24) is 9.78 Å². The summed E-state index contributed by atoms with van der Waals surface area (Å²) >= 11 is 0. The van der Waals surface area contributed by atoms with Crippen LogP contribution < -0.4 is 24.0 Å². The van der Waals surface area contributed by atoms with E-state index in [1.165, 1.54) is 6.07 Å². The summed E-state index contributed by atoms with van der Waals surface area (Å²) in [6.45, 7) is 0.642. The number of carboxylic acids is 1. The number of hydrogen-bond donors (Lipinski definition) is 0. The molecule has 0 bridgehead atoms. The number of fused-ring (bicyclic) bond motifs is 1. The Labute approximate surface area is 133 Å². The van der Waals surface area contributed by atoms with Crippen molar-refractivity contribution >= 4 is 16.9 Å². The molecule has 1 aromatic heterocycles. The van der Waals surface area contributed by atoms with E-state index in [0.29, 0.717) is 23.1 Å². The molecule has 0 aliphatic carbocycles. The zero-order valence-electron chi connectivity index (χ0n) is 11.7. The standard InChI is InChI=1S/C14H13N3O3.Li/c15-8-9-4-5-11-10(7-9)13(14(18)19)16-17(11)12-3-1-2-6-20-12;/h4-5,7,12H,1-3,6H2,(H,18,19);/q;+1/p-1. The van der Waals surface area contributed by atoms with E-state index in [2.05, 4.69) is 5.10 Å². The molecule has 1 aliphatic rings. The number of aromatic carboxylic acids is 1. The molecule has 0 amide bonds. The fourth-order valence-corrected chi connectivity index (χ4v) is 2.50. The summed E-state index contributed by atoms with van der Waals surface area (Å²) in [6, 6.07) is 6.85. The normalized spacial score (nSPS) is 18.0. The van der Waals surface area contributed by atoms with Crippen molar-refractivity contribution in [1.29, 1.82) is 5.26 Å². The number of ether oxygens (including phenoxy) is 1. The van der Waals surface area contributed by atoms with Gasteiger partial charge in [-0.15, -0.1) is 0 Å². The van der Waals surface area contributed by atoms with Gasteiger partial charge < -0.3 is 14.6 Å². The summed E-state index contributed by atoms with van der Waals surface area (Å²) in [5.41, 5.74) is 0.894. The van der Waals surface area contributed by atoms with Crippen molar-refractivity contribution in [2.24, 2.45) is 0 Å². The van der Waals surface area contributed by atoms with Gasteiger partial charge in [0.15, 0.2) is 6.23 Å². The number of hydrogen-bond acceptors (Lipinski definition) is 5. The molecule has 2 heterocycles. The molecule has 3 rings (SSSR count). The minimum atomic E-state index is -1.35. The number of benzene rings is 1. The van der Waals surface area contributed by atoms with Crippen LogP contribution in [0.5, 0.6) is 0 Å². The van der Waals surface area contributed by atoms with E-state index in [9.17, 15) is 9.90 Å². The summed E-state index contributed by atoms with van der Waals surface area (Å²) in [6.07, 6.45) is 2.56. The van der Waals surface area contributed by atoms with Crippen LogP contribution in [0, 0.1) is 11.3 Å². The Kier molecular flexibility index (Phi) is 4.69. The molecule has 1 saturated heterocycles. The molecule has 1 unspecified atom stereocenters. The molecular formula is C14H12LiN3O3. The fourth-order valence-electron chi connectivity index (χ4n) is 2.50. The second-order valence-electron chi connectivity index (χ2n) is 4.75. The van der Waals surface area contributed by atoms with Gasteiger partial charge in [0.2, 0.25) is 0 Å². The number of nitriles is 1. The van der Waals surface area contributed by atoms with Gasteiger partial charge in [0.05, 0.1) is 23.1 Å². The summed E-state index contributed by atoms with van der Waals surface area (Å²) in [5, 5.41) is 24.6. The van der Waals surface area contributed by atoms with Crippen molar-refractivity contribution in [2.45, 2.75) is 25.5 Å². The van der Waals surface area contributed by atoms with E-state index >= 15 is 0 Å². The van der Waals surface area contributed by atoms with E-state index in [1.54, 1.807) is 16.8 Å². The number of carboxylic acid groups (broad SMARTS) is 1. The van der Waals surface area contributed by atoms with Gasteiger partial charge in [-0.25, -0.2) is 4.68 Å². The third kappa shape index (κ3) is 2.82. The van der Waals surface area contributed by atoms with E-state index < -0.39 is 5.97 Å². The first-order valence-corrected chi connectivity index (χ1v) is 6.46. The second kappa shape index (κ2) is 6.32. The monoisotopic (exact) mass is 277 g/mol. The largest absolute Gasteiger partial charge is 1.00 e. The van der Waals surface area contributed by atoms with Gasteiger partial charge in [-0.1, -0.05) is 0 Å². The van der Waals surface area contributed by atoms with Crippen molar-refractivity contribution in [2.75, 3.05) is 6.61 Å². The summed E-state index contributed by atoms with van der Waals surface area (Å²) in [7, 11) is 0. The first kappa shape index (κ1) is 15.6. The maximum absolute atomic E-state index is 11.2. The van der Waals surface area contributed by atoms with Crippen LogP contribution in [0.1, 0.15) is 41.5 Å². The maximum atomic E-state index is 11.2. The Bertz CT molecular complexity index is 714. The predicted octanol–water partition coefficient (Wildman–Crippen LogP) is -2.03. The summed E-state index contributed by atoms with van der Waals surface area (Å²) < 4.78 is 7.23. The van der Waals surface area contributed by atoms with Gasteiger partial charge in [-0.3, -0.25) is 0 Å². The fraction of sp³-hybridized carbons (Fsp3) is 0.357. The van der Waals surface area contributed by atoms with Gasteiger partial charge in [0.1, 0.15) is 5.69 Å². The van der Waals surface area contributed by atoms with E-state index in [0.717, 1.165) is 19.3 Å². The summed E-state index contributed by atoms with van der Waals surface area (Å²) in [4.78, 5) is 11.2. The third-order valence-corrected chi connectivity index (χ3v) is 3.46. The Morgan fingerprint density at radius 3 is 2.90 bits per heavy atom. The van der Waals surface area contributed by atoms with Crippen LogP contribution in [0.3, 0.4) is 0 Å². The zero-order valence-corrected chi connectivity index (χ0v) is 11.7. The first-order valence-electron chi connectivity index (χ1n) is 6.46. The van der Waals surface area contributed by atoms with Gasteiger partial charge in [0.25, 0.3) is 0 Å². The number of carbonyl (C=O) groups excluding carboxylic acids is 1. The minimum Gasteiger partial charge on any atom is -0.543 e. The third-order valence-electron chi connectivity index (χ3n) is 3.46. The minimum absolute atomic E-state index is 0. The van der Waals surface area contributed by atoms with Crippen LogP contribution in [0.15, 0.2) is 18.2 Å². The molecule has 7 heteroatoms. The predicted molar refractivity (Wildman–Crippen MR) is 67.6 cm³/mol. The molecule has 6 nitrogen and oxygen atoms in total. The van der Waals surface area contributed by atoms with Gasteiger partial charge >= 0.3 is 18.9 Å². The van der Waals surface area contributed by atoms with Crippen LogP contribution in [0.2, 0.25) is 0 Å². The van der Waals surface area contributed by atoms with Crippen molar-refractivity contribution in [3.05, 3.63) is 29.5 Å². The Morgan fingerprint density at radius 2 is 2.29 bits per heavy atom. The van der Waals surface area contributed by atoms with Crippen molar-refractivity contribution < 1.29 is 33.5 Å². The molecule has 0 saturated carbocycles. The molecule has 21 heavy (non-hydrogen) atoms. The molecular weight excluding hydrogens is 265 g/mol. The molecule has 102 valence electrons. The molecule has 1 atom stereocenters. The van der Waals surface area contributed by atoms with E-state index in [4.69, 9.17) is 10.00 Å². The van der Waals surface area contributed by atoms with Gasteiger partial charge in [-0.2, -0.15) is 10.4 Å². The average Bonchev–Trinajstić information content (AvgIpc) is 2.87. The first-order chi connectivity index (χ1) is 9.70. The Morgan fingerprint density at radius 1 is 1.48 bits per heavy atom. The second-order valence-corrected chi connectivity index (χ2v) is 4.75. The molecule has 2 aromatic rings. The van der Waals surface area contributed by atoms with Crippen LogP contribution in [-0.4, -0.2) is 22.4 Å². The van der Waals surface area contributed by atoms with Crippen LogP contribution in [-0.2, 0) is 4.74 Å². The summed E-state index contributed by atoms with van der Waals surface area (Å²) in [5.74, 6) is -1.35. The molecule has 1 aliphatic heterocycles. The number of nitrogens with zero attached hydrogens (tertiary/aromatic N) is 3. The quantitative estimate of drug-likeness (QED) is 0.591. The molecule has 0 N–H and O–H groups in total. The van der Waals surface area contributed by atoms with E-state index in [1.807, 2.05) is 6.07 Å². The van der Waals surface area contributed by atoms with Crippen LogP contribution >= 0.6 is 0 Å². The van der Waals surface area contributed by atoms with Crippen molar-refractivity contribution in [3.8, 4) is 6.07 Å². The molecule has 1 fully saturated rings. The molecule has 1 aromatic carbocycles. The smallest absolute Gasteiger partial charge is 0.543 e. The zero-order chi connectivity index (χ0) is 14.1. The molecule has 0 radical (unpaired) electrons. The van der Waals surface area contributed by atoms with Crippen molar-refractivity contribution in [3.63, 3.8) is 0 Å². The average molecular weight is 277 g/mol. The number of aromatic nitrogens is 2.